The molecule has 0 spiro atoms. The predicted octanol–water partition coefficient (Wildman–Crippen LogP) is 8.53. The maximum atomic E-state index is 14.7. The highest BCUT2D eigenvalue weighted by molar-refractivity contribution is 7.99. The molecule has 2 amide bonds. The molecule has 58 heavy (non-hydrogen) atoms. The van der Waals surface area contributed by atoms with Gasteiger partial charge < -0.3 is 31.1 Å². The number of carboxylic acids is 1. The predicted molar refractivity (Wildman–Crippen MR) is 234 cm³/mol. The third-order valence-electron chi connectivity index (χ3n) is 17.7. The first-order valence-corrected chi connectivity index (χ1v) is 24.5. The Morgan fingerprint density at radius 2 is 1.55 bits per heavy atom. The molecule has 0 aromatic heterocycles. The number of aliphatic hydroxyl groups excluding tert-OH is 3. The average Bonchev–Trinajstić information content (AvgIpc) is 3.55. The summed E-state index contributed by atoms with van der Waals surface area (Å²) in [4.78, 5) is 38.5. The summed E-state index contributed by atoms with van der Waals surface area (Å²) in [5, 5.41) is 46.5. The number of nitrogens with one attached hydrogen (secondary N) is 2. The molecule has 0 aromatic carbocycles. The lowest BCUT2D eigenvalue weighted by molar-refractivity contribution is -0.246. The number of thioether (sulfide) groups is 1. The van der Waals surface area contributed by atoms with E-state index in [1.807, 2.05) is 13.8 Å². The highest BCUT2D eigenvalue weighted by Crippen LogP contribution is 2.77. The van der Waals surface area contributed by atoms with Crippen molar-refractivity contribution in [1.82, 2.24) is 10.6 Å². The van der Waals surface area contributed by atoms with Crippen molar-refractivity contribution in [3.63, 3.8) is 0 Å². The van der Waals surface area contributed by atoms with E-state index in [2.05, 4.69) is 51.8 Å². The maximum absolute atomic E-state index is 14.7. The minimum atomic E-state index is -1.11. The number of carbonyl (C=O) groups is 3. The number of carboxylic acid groups (broad SMARTS) is 1. The number of aliphatic carboxylic acids is 1. The van der Waals surface area contributed by atoms with Gasteiger partial charge in [0.1, 0.15) is 0 Å². The zero-order chi connectivity index (χ0) is 42.7. The normalized spacial score (nSPS) is 37.4. The third kappa shape index (κ3) is 9.26. The minimum Gasteiger partial charge on any atom is -0.481 e. The van der Waals surface area contributed by atoms with Gasteiger partial charge in [-0.15, -0.1) is 0 Å². The number of fused-ring (bicyclic) bond motifs is 7. The molecule has 5 saturated carbocycles. The first kappa shape index (κ1) is 47.4. The standard InChI is InChI=1S/C48H82N2O7S/c1-31(2)28-35(36(52)29-41(55)56)50-40(54)14-12-10-9-11-13-25-49-43(57)48-22-17-33(32(3)30-58-27-26-51)42(48)34-15-16-38-45(6)20-19-39(53)44(4,5)37(45)18-21-47(38,8)46(34,7)23-24-48/h31,33-39,42,51-53H,3,9-30H2,1-2,4-8H3,(H,49,57)(H,50,54)(H,55,56)/t33-,34+,35-,36-,37-,38?,39-,42+,45-,46+,47+,48-/m0/s1. The van der Waals surface area contributed by atoms with Crippen LogP contribution in [0.3, 0.4) is 0 Å². The Kier molecular flexibility index (Phi) is 15.7. The molecule has 5 aliphatic rings. The van der Waals surface area contributed by atoms with Crippen LogP contribution >= 0.6 is 11.8 Å². The Hall–Kier alpha value is -1.62. The van der Waals surface area contributed by atoms with E-state index in [-0.39, 0.29) is 69.9 Å². The zero-order valence-corrected chi connectivity index (χ0v) is 38.2. The molecule has 9 nitrogen and oxygen atoms in total. The number of aliphatic hydroxyl groups is 3. The van der Waals surface area contributed by atoms with Gasteiger partial charge in [0.25, 0.3) is 0 Å². The molecular weight excluding hydrogens is 749 g/mol. The summed E-state index contributed by atoms with van der Waals surface area (Å²) in [5.74, 6) is 2.98. The van der Waals surface area contributed by atoms with Gasteiger partial charge in [0.2, 0.25) is 11.8 Å². The third-order valence-corrected chi connectivity index (χ3v) is 18.7. The van der Waals surface area contributed by atoms with E-state index in [0.717, 1.165) is 82.8 Å². The summed E-state index contributed by atoms with van der Waals surface area (Å²) >= 11 is 1.76. The van der Waals surface area contributed by atoms with E-state index in [0.29, 0.717) is 48.8 Å². The fourth-order valence-electron chi connectivity index (χ4n) is 14.5. The topological polar surface area (TPSA) is 156 Å². The summed E-state index contributed by atoms with van der Waals surface area (Å²) in [5.41, 5.74) is 1.33. The SMILES string of the molecule is C=C(CSCCO)[C@@H]1CC[C@]2(C(=O)NCCCCCCCC(=O)N[C@@H](CC(C)C)[C@@H](O)CC(=O)O)CC[C@]3(C)[C@H](CCC4[C@@]5(C)CC[C@H](O)C(C)(C)[C@@H]5CC[C@]43C)[C@@H]12. The molecule has 0 bridgehead atoms. The summed E-state index contributed by atoms with van der Waals surface area (Å²) in [6, 6.07) is -0.566. The van der Waals surface area contributed by atoms with Crippen LogP contribution in [0.5, 0.6) is 0 Å². The number of hydrogen-bond donors (Lipinski definition) is 6. The molecule has 0 aliphatic heterocycles. The van der Waals surface area contributed by atoms with Crippen molar-refractivity contribution in [2.75, 3.05) is 24.7 Å². The molecule has 0 saturated heterocycles. The van der Waals surface area contributed by atoms with Gasteiger partial charge >= 0.3 is 5.97 Å². The van der Waals surface area contributed by atoms with Gasteiger partial charge in [-0.2, -0.15) is 11.8 Å². The van der Waals surface area contributed by atoms with Gasteiger partial charge in [0.05, 0.1) is 36.7 Å². The lowest BCUT2D eigenvalue weighted by atomic mass is 9.32. The van der Waals surface area contributed by atoms with E-state index in [1.165, 1.54) is 24.8 Å². The lowest BCUT2D eigenvalue weighted by Crippen LogP contribution is -2.67. The second kappa shape index (κ2) is 19.2. The summed E-state index contributed by atoms with van der Waals surface area (Å²) in [6.45, 7) is 22.0. The molecular formula is C48H82N2O7S. The Balaban J connectivity index is 1.20. The van der Waals surface area contributed by atoms with Crippen LogP contribution in [0.2, 0.25) is 0 Å². The van der Waals surface area contributed by atoms with Crippen molar-refractivity contribution in [3.05, 3.63) is 12.2 Å². The van der Waals surface area contributed by atoms with Gasteiger partial charge in [0, 0.05) is 24.5 Å². The molecule has 5 fully saturated rings. The molecule has 0 radical (unpaired) electrons. The fraction of sp³-hybridized carbons (Fsp3) is 0.896. The van der Waals surface area contributed by atoms with E-state index in [9.17, 15) is 29.7 Å². The van der Waals surface area contributed by atoms with Crippen molar-refractivity contribution in [2.45, 2.75) is 182 Å². The highest BCUT2D eigenvalue weighted by Gasteiger charge is 2.72. The van der Waals surface area contributed by atoms with Gasteiger partial charge in [-0.25, -0.2) is 0 Å². The molecule has 0 heterocycles. The molecule has 0 aromatic rings. The van der Waals surface area contributed by atoms with Gasteiger partial charge in [-0.3, -0.25) is 14.4 Å². The first-order valence-electron chi connectivity index (χ1n) is 23.3. The zero-order valence-electron chi connectivity index (χ0n) is 37.4. The van der Waals surface area contributed by atoms with E-state index >= 15 is 0 Å². The second-order valence-electron chi connectivity index (χ2n) is 21.5. The Bertz CT molecular complexity index is 1450. The van der Waals surface area contributed by atoms with E-state index < -0.39 is 18.1 Å². The molecule has 332 valence electrons. The molecule has 12 atom stereocenters. The quantitative estimate of drug-likeness (QED) is 0.0527. The number of hydrogen-bond acceptors (Lipinski definition) is 7. The van der Waals surface area contributed by atoms with Crippen LogP contribution in [-0.4, -0.2) is 81.1 Å². The monoisotopic (exact) mass is 831 g/mol. The van der Waals surface area contributed by atoms with Crippen molar-refractivity contribution in [1.29, 1.82) is 0 Å². The van der Waals surface area contributed by atoms with Crippen LogP contribution in [0.1, 0.15) is 164 Å². The molecule has 1 unspecified atom stereocenters. The van der Waals surface area contributed by atoms with E-state index in [4.69, 9.17) is 5.11 Å². The van der Waals surface area contributed by atoms with Crippen molar-refractivity contribution in [3.8, 4) is 0 Å². The lowest BCUT2D eigenvalue weighted by Gasteiger charge is -2.72. The molecule has 10 heteroatoms. The van der Waals surface area contributed by atoms with Crippen molar-refractivity contribution in [2.24, 2.45) is 62.6 Å². The smallest absolute Gasteiger partial charge is 0.306 e. The number of amides is 2. The number of unbranched alkanes of at least 4 members (excludes halogenated alkanes) is 4. The summed E-state index contributed by atoms with van der Waals surface area (Å²) in [7, 11) is 0. The summed E-state index contributed by atoms with van der Waals surface area (Å²) < 4.78 is 0. The fourth-order valence-corrected chi connectivity index (χ4v) is 15.3. The number of carbonyl (C=O) groups excluding carboxylic acids is 2. The van der Waals surface area contributed by atoms with E-state index in [1.54, 1.807) is 11.8 Å². The second-order valence-corrected chi connectivity index (χ2v) is 22.7. The van der Waals surface area contributed by atoms with Gasteiger partial charge in [-0.05, 0) is 141 Å². The number of rotatable bonds is 20. The Morgan fingerprint density at radius 3 is 2.24 bits per heavy atom. The van der Waals surface area contributed by atoms with Gasteiger partial charge in [0.15, 0.2) is 0 Å². The van der Waals surface area contributed by atoms with Crippen LogP contribution in [0.4, 0.5) is 0 Å². The van der Waals surface area contributed by atoms with Crippen LogP contribution in [0, 0.1) is 62.6 Å². The van der Waals surface area contributed by atoms with Crippen LogP contribution in [0.15, 0.2) is 12.2 Å². The molecule has 5 aliphatic carbocycles. The van der Waals surface area contributed by atoms with Gasteiger partial charge in [-0.1, -0.05) is 79.9 Å². The van der Waals surface area contributed by atoms with Crippen LogP contribution < -0.4 is 10.6 Å². The largest absolute Gasteiger partial charge is 0.481 e. The average molecular weight is 831 g/mol. The van der Waals surface area contributed by atoms with Crippen LogP contribution in [0.25, 0.3) is 0 Å². The van der Waals surface area contributed by atoms with Crippen LogP contribution in [-0.2, 0) is 14.4 Å². The minimum absolute atomic E-state index is 0.0726. The summed E-state index contributed by atoms with van der Waals surface area (Å²) in [6.07, 6.45) is 14.3. The van der Waals surface area contributed by atoms with Crippen molar-refractivity contribution >= 4 is 29.5 Å². The Labute approximate surface area is 355 Å². The molecule has 5 rings (SSSR count). The van der Waals surface area contributed by atoms with Crippen molar-refractivity contribution < 1.29 is 34.8 Å². The molecule has 6 N–H and O–H groups in total. The maximum Gasteiger partial charge on any atom is 0.306 e. The first-order chi connectivity index (χ1) is 27.3. The Morgan fingerprint density at radius 1 is 0.845 bits per heavy atom. The highest BCUT2D eigenvalue weighted by atomic mass is 32.2.